The Bertz CT molecular complexity index is 1550. The van der Waals surface area contributed by atoms with Crippen molar-refractivity contribution in [3.05, 3.63) is 90.3 Å². The fraction of sp³-hybridized carbons (Fsp3) is 0.226. The molecule has 5 heteroatoms. The molecule has 0 unspecified atom stereocenters. The second-order valence-corrected chi connectivity index (χ2v) is 10.4. The standard InChI is InChI=1S/C22H14NS.C9H16O2.Ir/c1-14-5-4-8-18-19-11-12-23-20(22(19)24-21(14)18)17-10-9-15-6-2-3-7-16(15)13-17;1-6(2)8(10)5-9(11)7(3)4;/h2-12H,1H3;5-7,10H,1-4H3;/q-1;;/b;8-5-;. The monoisotopic (exact) mass is 673 g/mol. The van der Waals surface area contributed by atoms with E-state index in [1.54, 1.807) is 0 Å². The Kier molecular flexibility index (Phi) is 9.18. The van der Waals surface area contributed by atoms with Crippen LogP contribution in [0.2, 0.25) is 0 Å². The van der Waals surface area contributed by atoms with E-state index in [9.17, 15) is 9.90 Å². The Morgan fingerprint density at radius 3 is 2.36 bits per heavy atom. The van der Waals surface area contributed by atoms with Gasteiger partial charge < -0.3 is 5.11 Å². The molecule has 1 N–H and O–H groups in total. The molecule has 0 aliphatic rings. The Labute approximate surface area is 230 Å². The predicted octanol–water partition coefficient (Wildman–Crippen LogP) is 8.69. The largest absolute Gasteiger partial charge is 0.512 e. The van der Waals surface area contributed by atoms with Crippen LogP contribution in [0, 0.1) is 24.8 Å². The third-order valence-corrected chi connectivity index (χ3v) is 7.34. The van der Waals surface area contributed by atoms with Crippen molar-refractivity contribution in [3.63, 3.8) is 0 Å². The summed E-state index contributed by atoms with van der Waals surface area (Å²) >= 11 is 1.83. The van der Waals surface area contributed by atoms with E-state index >= 15 is 0 Å². The number of benzene rings is 3. The van der Waals surface area contributed by atoms with Gasteiger partial charge in [-0.05, 0) is 23.9 Å². The van der Waals surface area contributed by atoms with Crippen LogP contribution in [0.1, 0.15) is 33.3 Å². The molecule has 0 spiro atoms. The van der Waals surface area contributed by atoms with Gasteiger partial charge in [-0.3, -0.25) is 9.78 Å². The molecule has 1 radical (unpaired) electrons. The summed E-state index contributed by atoms with van der Waals surface area (Å²) < 4.78 is 2.59. The number of aliphatic hydroxyl groups is 1. The quantitative estimate of drug-likeness (QED) is 0.118. The summed E-state index contributed by atoms with van der Waals surface area (Å²) in [5.74, 6) is 0.161. The number of allylic oxidation sites excluding steroid dienone is 2. The average molecular weight is 673 g/mol. The molecule has 0 saturated heterocycles. The molecule has 0 amide bonds. The van der Waals surface area contributed by atoms with Crippen molar-refractivity contribution in [1.82, 2.24) is 4.98 Å². The van der Waals surface area contributed by atoms with Gasteiger partial charge in [0.05, 0.1) is 5.76 Å². The van der Waals surface area contributed by atoms with Crippen LogP contribution in [0.25, 0.3) is 42.2 Å². The molecule has 187 valence electrons. The normalized spacial score (nSPS) is 11.6. The van der Waals surface area contributed by atoms with Gasteiger partial charge in [0.2, 0.25) is 0 Å². The van der Waals surface area contributed by atoms with Crippen LogP contribution in [0.15, 0.2) is 78.7 Å². The van der Waals surface area contributed by atoms with E-state index in [-0.39, 0.29) is 43.5 Å². The number of pyridine rings is 1. The summed E-state index contributed by atoms with van der Waals surface area (Å²) in [6.07, 6.45) is 3.23. The molecule has 0 aliphatic heterocycles. The topological polar surface area (TPSA) is 50.2 Å². The van der Waals surface area contributed by atoms with Gasteiger partial charge >= 0.3 is 0 Å². The number of fused-ring (bicyclic) bond motifs is 4. The Morgan fingerprint density at radius 1 is 0.917 bits per heavy atom. The molecule has 0 bridgehead atoms. The molecule has 36 heavy (non-hydrogen) atoms. The summed E-state index contributed by atoms with van der Waals surface area (Å²) in [6.45, 7) is 9.49. The summed E-state index contributed by atoms with van der Waals surface area (Å²) in [5.41, 5.74) is 3.41. The van der Waals surface area contributed by atoms with Crippen molar-refractivity contribution in [2.24, 2.45) is 11.8 Å². The van der Waals surface area contributed by atoms with Gasteiger partial charge in [0.15, 0.2) is 5.78 Å². The van der Waals surface area contributed by atoms with Crippen LogP contribution in [0.4, 0.5) is 0 Å². The number of hydrogen-bond donors (Lipinski definition) is 1. The molecule has 2 aromatic heterocycles. The number of aromatic nitrogens is 1. The van der Waals surface area contributed by atoms with Crippen molar-refractivity contribution >= 4 is 48.1 Å². The molecular weight excluding hydrogens is 643 g/mol. The second-order valence-electron chi connectivity index (χ2n) is 9.33. The number of aliphatic hydroxyl groups excluding tert-OH is 1. The maximum absolute atomic E-state index is 11.0. The summed E-state index contributed by atoms with van der Waals surface area (Å²) in [7, 11) is 0. The molecule has 5 aromatic rings. The minimum Gasteiger partial charge on any atom is -0.512 e. The van der Waals surface area contributed by atoms with E-state index in [1.165, 1.54) is 37.2 Å². The maximum Gasteiger partial charge on any atom is 0.161 e. The van der Waals surface area contributed by atoms with E-state index in [0.29, 0.717) is 0 Å². The summed E-state index contributed by atoms with van der Waals surface area (Å²) in [5, 5.41) is 14.1. The van der Waals surface area contributed by atoms with Crippen LogP contribution in [-0.2, 0) is 24.9 Å². The number of hydrogen-bond acceptors (Lipinski definition) is 4. The van der Waals surface area contributed by atoms with Gasteiger partial charge in [-0.1, -0.05) is 75.0 Å². The minimum absolute atomic E-state index is 0. The van der Waals surface area contributed by atoms with Gasteiger partial charge in [-0.15, -0.1) is 41.0 Å². The van der Waals surface area contributed by atoms with Crippen LogP contribution in [0.5, 0.6) is 0 Å². The zero-order valence-corrected chi connectivity index (χ0v) is 24.3. The van der Waals surface area contributed by atoms with Crippen LogP contribution in [0.3, 0.4) is 0 Å². The number of carbonyl (C=O) groups is 1. The first-order valence-electron chi connectivity index (χ1n) is 11.9. The zero-order chi connectivity index (χ0) is 25.1. The molecule has 2 heterocycles. The minimum atomic E-state index is -0.0316. The zero-order valence-electron chi connectivity index (χ0n) is 21.1. The molecule has 0 saturated carbocycles. The predicted molar refractivity (Wildman–Crippen MR) is 149 cm³/mol. The average Bonchev–Trinajstić information content (AvgIpc) is 3.24. The maximum atomic E-state index is 11.0. The third-order valence-electron chi connectivity index (χ3n) is 5.98. The smallest absolute Gasteiger partial charge is 0.161 e. The molecule has 3 nitrogen and oxygen atoms in total. The first-order valence-corrected chi connectivity index (χ1v) is 12.7. The SMILES string of the molecule is CC(C)C(=O)/C=C(\O)C(C)C.Cc1cccc2c1sc1c(-c3[c-]c4ccccc4cc3)nccc12.[Ir]. The third kappa shape index (κ3) is 5.92. The van der Waals surface area contributed by atoms with Crippen molar-refractivity contribution in [2.75, 3.05) is 0 Å². The van der Waals surface area contributed by atoms with E-state index in [4.69, 9.17) is 0 Å². The molecule has 3 aromatic carbocycles. The number of rotatable bonds is 4. The molecular formula is C31H30IrNO2S-. The van der Waals surface area contributed by atoms with Gasteiger partial charge in [-0.2, -0.15) is 0 Å². The van der Waals surface area contributed by atoms with Crippen LogP contribution >= 0.6 is 11.3 Å². The van der Waals surface area contributed by atoms with Crippen molar-refractivity contribution < 1.29 is 30.0 Å². The molecule has 0 atom stereocenters. The first kappa shape index (κ1) is 27.7. The fourth-order valence-electron chi connectivity index (χ4n) is 3.79. The van der Waals surface area contributed by atoms with Crippen LogP contribution in [-0.4, -0.2) is 15.9 Å². The van der Waals surface area contributed by atoms with Crippen LogP contribution < -0.4 is 0 Å². The van der Waals surface area contributed by atoms with Gasteiger partial charge in [-0.25, -0.2) is 0 Å². The Morgan fingerprint density at radius 2 is 1.64 bits per heavy atom. The molecule has 5 rings (SSSR count). The van der Waals surface area contributed by atoms with E-state index in [0.717, 1.165) is 16.6 Å². The van der Waals surface area contributed by atoms with Crippen molar-refractivity contribution in [3.8, 4) is 11.3 Å². The summed E-state index contributed by atoms with van der Waals surface area (Å²) in [6, 6.07) is 24.8. The Balaban J connectivity index is 0.000000260. The molecule has 0 aliphatic carbocycles. The Hall–Kier alpha value is -2.85. The van der Waals surface area contributed by atoms with Crippen molar-refractivity contribution in [1.29, 1.82) is 0 Å². The number of carbonyl (C=O) groups excluding carboxylic acids is 1. The number of nitrogens with zero attached hydrogens (tertiary/aromatic N) is 1. The van der Waals surface area contributed by atoms with Gasteiger partial charge in [0, 0.05) is 64.7 Å². The van der Waals surface area contributed by atoms with E-state index in [1.807, 2.05) is 45.2 Å². The summed E-state index contributed by atoms with van der Waals surface area (Å²) in [4.78, 5) is 15.7. The van der Waals surface area contributed by atoms with E-state index < -0.39 is 0 Å². The second kappa shape index (κ2) is 11.9. The first-order chi connectivity index (χ1) is 16.8. The molecule has 0 fully saturated rings. The fourth-order valence-corrected chi connectivity index (χ4v) is 5.06. The number of aryl methyl sites for hydroxylation is 1. The van der Waals surface area contributed by atoms with Crippen molar-refractivity contribution in [2.45, 2.75) is 34.6 Å². The number of thiophene rings is 1. The van der Waals surface area contributed by atoms with Gasteiger partial charge in [0.1, 0.15) is 0 Å². The van der Waals surface area contributed by atoms with E-state index in [2.05, 4.69) is 78.6 Å². The number of ketones is 1. The van der Waals surface area contributed by atoms with Gasteiger partial charge in [0.25, 0.3) is 0 Å².